The Balaban J connectivity index is 2.61. The molecule has 0 saturated carbocycles. The first kappa shape index (κ1) is 10.0. The van der Waals surface area contributed by atoms with Crippen molar-refractivity contribution in [3.05, 3.63) is 40.3 Å². The highest BCUT2D eigenvalue weighted by Gasteiger charge is 2.14. The minimum absolute atomic E-state index is 0.0274. The number of carbonyl (C=O) groups is 2. The Bertz CT molecular complexity index is 645. The number of aliphatic carboxylic acids is 1. The summed E-state index contributed by atoms with van der Waals surface area (Å²) in [5, 5.41) is 8.52. The second kappa shape index (κ2) is 3.58. The highest BCUT2D eigenvalue weighted by atomic mass is 16.4. The Kier molecular flexibility index (Phi) is 2.24. The minimum atomic E-state index is -1.52. The van der Waals surface area contributed by atoms with Gasteiger partial charge in [-0.15, -0.1) is 0 Å². The molecule has 0 amide bonds. The lowest BCUT2D eigenvalue weighted by molar-refractivity contribution is -0.131. The number of aromatic amines is 1. The van der Waals surface area contributed by atoms with Crippen molar-refractivity contribution in [3.8, 4) is 0 Å². The van der Waals surface area contributed by atoms with Crippen LogP contribution in [0.3, 0.4) is 0 Å². The summed E-state index contributed by atoms with van der Waals surface area (Å²) in [6.45, 7) is 0. The fourth-order valence-corrected chi connectivity index (χ4v) is 1.30. The van der Waals surface area contributed by atoms with Gasteiger partial charge in [0, 0.05) is 5.56 Å². The lowest BCUT2D eigenvalue weighted by atomic mass is 10.1. The van der Waals surface area contributed by atoms with Crippen molar-refractivity contribution >= 4 is 22.8 Å². The molecule has 0 fully saturated rings. The van der Waals surface area contributed by atoms with Crippen molar-refractivity contribution in [2.24, 2.45) is 0 Å². The third-order valence-corrected chi connectivity index (χ3v) is 2.03. The number of hydrogen-bond acceptors (Lipinski definition) is 4. The SMILES string of the molecule is O=C(O)C(=O)c1ccc2[nH]c(=O)cnc2c1. The van der Waals surface area contributed by atoms with Crippen molar-refractivity contribution in [2.45, 2.75) is 0 Å². The Labute approximate surface area is 88.6 Å². The van der Waals surface area contributed by atoms with E-state index in [1.807, 2.05) is 0 Å². The Hall–Kier alpha value is -2.50. The van der Waals surface area contributed by atoms with Crippen LogP contribution >= 0.6 is 0 Å². The number of ketones is 1. The number of carboxylic acids is 1. The zero-order chi connectivity index (χ0) is 11.7. The Morgan fingerprint density at radius 2 is 2.06 bits per heavy atom. The molecule has 0 unspecified atom stereocenters. The molecule has 16 heavy (non-hydrogen) atoms. The summed E-state index contributed by atoms with van der Waals surface area (Å²) in [7, 11) is 0. The van der Waals surface area contributed by atoms with Gasteiger partial charge in [-0.2, -0.15) is 0 Å². The Morgan fingerprint density at radius 1 is 1.31 bits per heavy atom. The van der Waals surface area contributed by atoms with Crippen molar-refractivity contribution in [1.82, 2.24) is 9.97 Å². The zero-order valence-corrected chi connectivity index (χ0v) is 7.93. The van der Waals surface area contributed by atoms with Gasteiger partial charge in [0.15, 0.2) is 0 Å². The van der Waals surface area contributed by atoms with E-state index in [2.05, 4.69) is 9.97 Å². The maximum absolute atomic E-state index is 11.2. The van der Waals surface area contributed by atoms with E-state index < -0.39 is 11.8 Å². The summed E-state index contributed by atoms with van der Waals surface area (Å²) >= 11 is 0. The van der Waals surface area contributed by atoms with E-state index >= 15 is 0 Å². The predicted octanol–water partition coefficient (Wildman–Crippen LogP) is 0.190. The number of carbonyl (C=O) groups excluding carboxylic acids is 1. The van der Waals surface area contributed by atoms with Gasteiger partial charge in [-0.05, 0) is 18.2 Å². The number of carboxylic acid groups (broad SMARTS) is 1. The number of aromatic nitrogens is 2. The maximum atomic E-state index is 11.2. The number of benzene rings is 1. The quantitative estimate of drug-likeness (QED) is 0.553. The van der Waals surface area contributed by atoms with Gasteiger partial charge in [0.1, 0.15) is 0 Å². The van der Waals surface area contributed by atoms with E-state index in [0.717, 1.165) is 6.20 Å². The molecular formula is C10H6N2O4. The van der Waals surface area contributed by atoms with Crippen molar-refractivity contribution in [3.63, 3.8) is 0 Å². The molecule has 0 saturated heterocycles. The predicted molar refractivity (Wildman–Crippen MR) is 54.3 cm³/mol. The molecule has 6 nitrogen and oxygen atoms in total. The van der Waals surface area contributed by atoms with Gasteiger partial charge in [0.05, 0.1) is 17.2 Å². The molecule has 1 heterocycles. The first-order valence-corrected chi connectivity index (χ1v) is 4.34. The molecule has 0 bridgehead atoms. The number of H-pyrrole nitrogens is 1. The van der Waals surface area contributed by atoms with E-state index in [1.54, 1.807) is 0 Å². The summed E-state index contributed by atoms with van der Waals surface area (Å²) in [5.74, 6) is -2.53. The molecule has 2 N–H and O–H groups in total. The molecule has 1 aromatic heterocycles. The van der Waals surface area contributed by atoms with Crippen LogP contribution < -0.4 is 5.56 Å². The molecule has 0 aliphatic heterocycles. The van der Waals surface area contributed by atoms with Crippen LogP contribution in [-0.4, -0.2) is 26.8 Å². The summed E-state index contributed by atoms with van der Waals surface area (Å²) in [5.41, 5.74) is 0.491. The summed E-state index contributed by atoms with van der Waals surface area (Å²) in [4.78, 5) is 38.9. The Morgan fingerprint density at radius 3 is 2.75 bits per heavy atom. The molecule has 80 valence electrons. The topological polar surface area (TPSA) is 100 Å². The number of Topliss-reactive ketones (excluding diaryl/α,β-unsaturated/α-hetero) is 1. The molecule has 2 aromatic rings. The largest absolute Gasteiger partial charge is 0.475 e. The van der Waals surface area contributed by atoms with Gasteiger partial charge in [0.2, 0.25) is 0 Å². The second-order valence-electron chi connectivity index (χ2n) is 3.11. The van der Waals surface area contributed by atoms with E-state index in [4.69, 9.17) is 5.11 Å². The lowest BCUT2D eigenvalue weighted by Gasteiger charge is -1.98. The van der Waals surface area contributed by atoms with Crippen molar-refractivity contribution in [2.75, 3.05) is 0 Å². The van der Waals surface area contributed by atoms with E-state index in [1.165, 1.54) is 18.2 Å². The van der Waals surface area contributed by atoms with Gasteiger partial charge >= 0.3 is 5.97 Å². The normalized spacial score (nSPS) is 10.2. The van der Waals surface area contributed by atoms with Crippen LogP contribution in [0.5, 0.6) is 0 Å². The number of hydrogen-bond donors (Lipinski definition) is 2. The first-order valence-electron chi connectivity index (χ1n) is 4.34. The van der Waals surface area contributed by atoms with Crippen LogP contribution in [0.1, 0.15) is 10.4 Å². The second-order valence-corrected chi connectivity index (χ2v) is 3.11. The maximum Gasteiger partial charge on any atom is 0.377 e. The van der Waals surface area contributed by atoms with Gasteiger partial charge in [-0.25, -0.2) is 9.78 Å². The monoisotopic (exact) mass is 218 g/mol. The van der Waals surface area contributed by atoms with Crippen molar-refractivity contribution < 1.29 is 14.7 Å². The minimum Gasteiger partial charge on any atom is -0.475 e. The zero-order valence-electron chi connectivity index (χ0n) is 7.93. The molecular weight excluding hydrogens is 212 g/mol. The summed E-state index contributed by atoms with van der Waals surface area (Å²) < 4.78 is 0. The smallest absolute Gasteiger partial charge is 0.377 e. The average molecular weight is 218 g/mol. The third kappa shape index (κ3) is 1.68. The van der Waals surface area contributed by atoms with Crippen LogP contribution in [0.25, 0.3) is 11.0 Å². The number of rotatable bonds is 2. The number of nitrogens with zero attached hydrogens (tertiary/aromatic N) is 1. The highest BCUT2D eigenvalue weighted by Crippen LogP contribution is 2.10. The molecule has 2 rings (SSSR count). The third-order valence-electron chi connectivity index (χ3n) is 2.03. The van der Waals surface area contributed by atoms with Gasteiger partial charge in [0.25, 0.3) is 11.3 Å². The van der Waals surface area contributed by atoms with Gasteiger partial charge < -0.3 is 10.1 Å². The molecule has 0 atom stereocenters. The molecule has 0 spiro atoms. The van der Waals surface area contributed by atoms with Crippen LogP contribution in [0.15, 0.2) is 29.2 Å². The first-order chi connectivity index (χ1) is 7.58. The molecule has 0 radical (unpaired) electrons. The molecule has 1 aromatic carbocycles. The summed E-state index contributed by atoms with van der Waals surface area (Å²) in [6, 6.07) is 4.10. The van der Waals surface area contributed by atoms with E-state index in [0.29, 0.717) is 11.0 Å². The van der Waals surface area contributed by atoms with E-state index in [-0.39, 0.29) is 11.1 Å². The van der Waals surface area contributed by atoms with Crippen LogP contribution in [-0.2, 0) is 4.79 Å². The van der Waals surface area contributed by atoms with Crippen LogP contribution in [0.2, 0.25) is 0 Å². The standard InChI is InChI=1S/C10H6N2O4/c13-8-4-11-7-3-5(9(14)10(15)16)1-2-6(7)12-8/h1-4H,(H,12,13)(H,15,16). The fourth-order valence-electron chi connectivity index (χ4n) is 1.30. The molecule has 6 heteroatoms. The molecule has 0 aliphatic carbocycles. The summed E-state index contributed by atoms with van der Waals surface area (Å²) in [6.07, 6.45) is 1.07. The van der Waals surface area contributed by atoms with Crippen molar-refractivity contribution in [1.29, 1.82) is 0 Å². The van der Waals surface area contributed by atoms with Crippen LogP contribution in [0.4, 0.5) is 0 Å². The van der Waals surface area contributed by atoms with Crippen LogP contribution in [0, 0.1) is 0 Å². The van der Waals surface area contributed by atoms with Gasteiger partial charge in [-0.1, -0.05) is 0 Å². The fraction of sp³-hybridized carbons (Fsp3) is 0. The molecule has 0 aliphatic rings. The average Bonchev–Trinajstić information content (AvgIpc) is 2.27. The van der Waals surface area contributed by atoms with Gasteiger partial charge in [-0.3, -0.25) is 9.59 Å². The number of fused-ring (bicyclic) bond motifs is 1. The van der Waals surface area contributed by atoms with E-state index in [9.17, 15) is 14.4 Å². The highest BCUT2D eigenvalue weighted by molar-refractivity contribution is 6.40. The number of nitrogens with one attached hydrogen (secondary N) is 1. The lowest BCUT2D eigenvalue weighted by Crippen LogP contribution is -2.13.